The average Bonchev–Trinajstić information content (AvgIpc) is 2.75. The van der Waals surface area contributed by atoms with E-state index in [-0.39, 0.29) is 5.91 Å². The molecule has 0 aliphatic heterocycles. The monoisotopic (exact) mass is 260 g/mol. The number of hydrogen-bond acceptors (Lipinski definition) is 4. The summed E-state index contributed by atoms with van der Waals surface area (Å²) in [4.78, 5) is 16.0. The lowest BCUT2D eigenvalue weighted by Crippen LogP contribution is -2.24. The van der Waals surface area contributed by atoms with Crippen molar-refractivity contribution in [3.63, 3.8) is 0 Å². The van der Waals surface area contributed by atoms with E-state index in [4.69, 9.17) is 4.74 Å². The number of amides is 1. The van der Waals surface area contributed by atoms with E-state index in [0.717, 1.165) is 17.0 Å². The summed E-state index contributed by atoms with van der Waals surface area (Å²) in [6.45, 7) is 4.24. The van der Waals surface area contributed by atoms with Crippen molar-refractivity contribution in [2.24, 2.45) is 0 Å². The molecule has 2 aromatic rings. The lowest BCUT2D eigenvalue weighted by Gasteiger charge is -2.06. The Hall–Kier alpha value is -2.37. The highest BCUT2D eigenvalue weighted by molar-refractivity contribution is 5.92. The molecule has 2 N–H and O–H groups in total. The number of aryl methyl sites for hydroxylation is 2. The van der Waals surface area contributed by atoms with Gasteiger partial charge in [-0.05, 0) is 19.9 Å². The minimum atomic E-state index is -0.237. The first-order valence-electron chi connectivity index (χ1n) is 5.90. The Kier molecular flexibility index (Phi) is 3.79. The van der Waals surface area contributed by atoms with Gasteiger partial charge in [-0.1, -0.05) is 0 Å². The van der Waals surface area contributed by atoms with Crippen LogP contribution in [0, 0.1) is 13.8 Å². The molecule has 0 aromatic carbocycles. The number of hydrogen-bond donors (Lipinski definition) is 2. The number of pyridine rings is 1. The van der Waals surface area contributed by atoms with Crippen LogP contribution in [0.5, 0.6) is 5.75 Å². The van der Waals surface area contributed by atoms with Crippen molar-refractivity contribution < 1.29 is 9.53 Å². The van der Waals surface area contributed by atoms with Gasteiger partial charge in [0.25, 0.3) is 5.91 Å². The quantitative estimate of drug-likeness (QED) is 0.869. The van der Waals surface area contributed by atoms with Crippen molar-refractivity contribution >= 4 is 5.91 Å². The van der Waals surface area contributed by atoms with E-state index >= 15 is 0 Å². The first-order chi connectivity index (χ1) is 9.11. The number of nitrogens with one attached hydrogen (secondary N) is 2. The van der Waals surface area contributed by atoms with Crippen LogP contribution >= 0.6 is 0 Å². The Bertz CT molecular complexity index is 573. The van der Waals surface area contributed by atoms with Crippen molar-refractivity contribution in [1.29, 1.82) is 0 Å². The van der Waals surface area contributed by atoms with Gasteiger partial charge in [-0.2, -0.15) is 5.10 Å². The summed E-state index contributed by atoms with van der Waals surface area (Å²) in [5.74, 6) is 0.370. The number of H-pyrrole nitrogens is 1. The second kappa shape index (κ2) is 5.51. The van der Waals surface area contributed by atoms with Crippen LogP contribution in [0.4, 0.5) is 0 Å². The fraction of sp³-hybridized carbons (Fsp3) is 0.308. The molecular formula is C13H16N4O2. The lowest BCUT2D eigenvalue weighted by molar-refractivity contribution is 0.0945. The molecule has 0 unspecified atom stereocenters. The molecule has 2 aromatic heterocycles. The van der Waals surface area contributed by atoms with Crippen molar-refractivity contribution in [1.82, 2.24) is 20.5 Å². The molecule has 1 amide bonds. The van der Waals surface area contributed by atoms with Crippen LogP contribution < -0.4 is 10.1 Å². The highest BCUT2D eigenvalue weighted by Crippen LogP contribution is 2.11. The molecule has 0 fully saturated rings. The predicted molar refractivity (Wildman–Crippen MR) is 70.0 cm³/mol. The highest BCUT2D eigenvalue weighted by atomic mass is 16.5. The minimum Gasteiger partial charge on any atom is -0.497 e. The van der Waals surface area contributed by atoms with E-state index in [9.17, 15) is 4.79 Å². The van der Waals surface area contributed by atoms with Crippen molar-refractivity contribution in [2.45, 2.75) is 20.4 Å². The molecule has 0 radical (unpaired) electrons. The van der Waals surface area contributed by atoms with E-state index in [1.54, 1.807) is 25.4 Å². The summed E-state index contributed by atoms with van der Waals surface area (Å²) in [5, 5.41) is 9.78. The maximum Gasteiger partial charge on any atom is 0.270 e. The molecule has 6 heteroatoms. The number of aromatic amines is 1. The summed E-state index contributed by atoms with van der Waals surface area (Å²) in [7, 11) is 1.55. The lowest BCUT2D eigenvalue weighted by atomic mass is 10.2. The normalized spacial score (nSPS) is 10.3. The van der Waals surface area contributed by atoms with E-state index in [1.807, 2.05) is 13.8 Å². The minimum absolute atomic E-state index is 0.237. The molecule has 2 heterocycles. The summed E-state index contributed by atoms with van der Waals surface area (Å²) >= 11 is 0. The summed E-state index contributed by atoms with van der Waals surface area (Å²) < 4.78 is 5.06. The second-order valence-corrected chi connectivity index (χ2v) is 4.18. The SMILES string of the molecule is COc1ccnc(C(=O)NCc2c(C)n[nH]c2C)c1. The number of methoxy groups -OCH3 is 1. The van der Waals surface area contributed by atoms with Gasteiger partial charge < -0.3 is 10.1 Å². The zero-order valence-electron chi connectivity index (χ0n) is 11.2. The highest BCUT2D eigenvalue weighted by Gasteiger charge is 2.11. The van der Waals surface area contributed by atoms with Crippen LogP contribution in [0.25, 0.3) is 0 Å². The number of nitrogens with zero attached hydrogens (tertiary/aromatic N) is 2. The van der Waals surface area contributed by atoms with Crippen LogP contribution in [-0.2, 0) is 6.54 Å². The molecule has 0 spiro atoms. The number of rotatable bonds is 4. The predicted octanol–water partition coefficient (Wildman–Crippen LogP) is 1.36. The van der Waals surface area contributed by atoms with Crippen LogP contribution in [-0.4, -0.2) is 28.2 Å². The summed E-state index contributed by atoms with van der Waals surface area (Å²) in [5.41, 5.74) is 3.17. The van der Waals surface area contributed by atoms with Crippen molar-refractivity contribution in [3.8, 4) is 5.75 Å². The molecule has 19 heavy (non-hydrogen) atoms. The van der Waals surface area contributed by atoms with Crippen LogP contribution in [0.15, 0.2) is 18.3 Å². The third-order valence-electron chi connectivity index (χ3n) is 2.91. The topological polar surface area (TPSA) is 79.9 Å². The van der Waals surface area contributed by atoms with Gasteiger partial charge in [0.05, 0.1) is 12.8 Å². The largest absolute Gasteiger partial charge is 0.497 e. The fourth-order valence-electron chi connectivity index (χ4n) is 1.76. The Labute approximate surface area is 111 Å². The fourth-order valence-corrected chi connectivity index (χ4v) is 1.76. The van der Waals surface area contributed by atoms with Crippen molar-refractivity contribution in [3.05, 3.63) is 41.0 Å². The number of carbonyl (C=O) groups excluding carboxylic acids is 1. The Morgan fingerprint density at radius 2 is 2.26 bits per heavy atom. The van der Waals surface area contributed by atoms with E-state index in [1.165, 1.54) is 0 Å². The molecule has 0 aliphatic carbocycles. The molecule has 0 saturated heterocycles. The Morgan fingerprint density at radius 3 is 2.89 bits per heavy atom. The van der Waals surface area contributed by atoms with Gasteiger partial charge in [0.2, 0.25) is 0 Å². The molecule has 100 valence electrons. The van der Waals surface area contributed by atoms with Gasteiger partial charge in [0.1, 0.15) is 11.4 Å². The van der Waals surface area contributed by atoms with Crippen LogP contribution in [0.3, 0.4) is 0 Å². The molecule has 0 bridgehead atoms. The van der Waals surface area contributed by atoms with Gasteiger partial charge in [0.15, 0.2) is 0 Å². The third-order valence-corrected chi connectivity index (χ3v) is 2.91. The molecule has 0 aliphatic rings. The third kappa shape index (κ3) is 2.90. The molecule has 0 saturated carbocycles. The molecule has 6 nitrogen and oxygen atoms in total. The molecule has 2 rings (SSSR count). The first-order valence-corrected chi connectivity index (χ1v) is 5.90. The van der Waals surface area contributed by atoms with E-state index in [2.05, 4.69) is 20.5 Å². The average molecular weight is 260 g/mol. The standard InChI is InChI=1S/C13H16N4O2/c1-8-11(9(2)17-16-8)7-15-13(18)12-6-10(19-3)4-5-14-12/h4-6H,7H2,1-3H3,(H,15,18)(H,16,17). The maximum atomic E-state index is 12.0. The number of ether oxygens (including phenoxy) is 1. The first kappa shape index (κ1) is 13.1. The molecule has 0 atom stereocenters. The smallest absolute Gasteiger partial charge is 0.270 e. The zero-order chi connectivity index (χ0) is 13.8. The van der Waals surface area contributed by atoms with E-state index < -0.39 is 0 Å². The van der Waals surface area contributed by atoms with Crippen LogP contribution in [0.2, 0.25) is 0 Å². The Balaban J connectivity index is 2.05. The van der Waals surface area contributed by atoms with E-state index in [0.29, 0.717) is 18.0 Å². The van der Waals surface area contributed by atoms with Gasteiger partial charge in [-0.25, -0.2) is 0 Å². The Morgan fingerprint density at radius 1 is 1.47 bits per heavy atom. The van der Waals surface area contributed by atoms with Gasteiger partial charge in [-0.3, -0.25) is 14.9 Å². The van der Waals surface area contributed by atoms with Gasteiger partial charge >= 0.3 is 0 Å². The van der Waals surface area contributed by atoms with Gasteiger partial charge in [0, 0.05) is 30.1 Å². The zero-order valence-corrected chi connectivity index (χ0v) is 11.2. The summed E-state index contributed by atoms with van der Waals surface area (Å²) in [6, 6.07) is 3.30. The second-order valence-electron chi connectivity index (χ2n) is 4.18. The number of carbonyl (C=O) groups is 1. The molecular weight excluding hydrogens is 244 g/mol. The van der Waals surface area contributed by atoms with Crippen molar-refractivity contribution in [2.75, 3.05) is 7.11 Å². The number of aromatic nitrogens is 3. The van der Waals surface area contributed by atoms with Gasteiger partial charge in [-0.15, -0.1) is 0 Å². The van der Waals surface area contributed by atoms with Crippen LogP contribution in [0.1, 0.15) is 27.4 Å². The summed E-state index contributed by atoms with van der Waals surface area (Å²) in [6.07, 6.45) is 1.54. The maximum absolute atomic E-state index is 12.0.